The predicted octanol–water partition coefficient (Wildman–Crippen LogP) is 1.99. The van der Waals surface area contributed by atoms with Crippen LogP contribution in [0.25, 0.3) is 0 Å². The van der Waals surface area contributed by atoms with Gasteiger partial charge in [0.25, 0.3) is 5.91 Å². The number of carbonyl (C=O) groups excluding carboxylic acids is 2. The third-order valence-electron chi connectivity index (χ3n) is 4.30. The van der Waals surface area contributed by atoms with Crippen LogP contribution in [0.4, 0.5) is 0 Å². The van der Waals surface area contributed by atoms with E-state index in [0.29, 0.717) is 54.7 Å². The molecular weight excluding hydrogens is 378 g/mol. The van der Waals surface area contributed by atoms with Crippen molar-refractivity contribution in [3.05, 3.63) is 47.5 Å². The summed E-state index contributed by atoms with van der Waals surface area (Å²) in [5.41, 5.74) is 1.28. The molecule has 1 aliphatic heterocycles. The lowest BCUT2D eigenvalue weighted by Crippen LogP contribution is -2.30. The molecular formula is C21H23NO7. The third kappa shape index (κ3) is 5.31. The standard InChI is InChI=1S/C21H23NO7/c1-25-16-5-3-14(11-18(16)26-2)7-8-22-20(23)13-29-21(24)15-4-6-17-19(12-15)28-10-9-27-17/h3-6,11-12H,7-10,13H2,1-2H3,(H,22,23). The average Bonchev–Trinajstić information content (AvgIpc) is 2.76. The number of fused-ring (bicyclic) bond motifs is 1. The zero-order valence-corrected chi connectivity index (χ0v) is 16.4. The van der Waals surface area contributed by atoms with Gasteiger partial charge in [-0.2, -0.15) is 0 Å². The Morgan fingerprint density at radius 3 is 2.48 bits per heavy atom. The van der Waals surface area contributed by atoms with Gasteiger partial charge in [-0.25, -0.2) is 4.79 Å². The summed E-state index contributed by atoms with van der Waals surface area (Å²) in [6, 6.07) is 10.3. The Hall–Kier alpha value is -3.42. The molecule has 0 saturated carbocycles. The second-order valence-electron chi connectivity index (χ2n) is 6.22. The quantitative estimate of drug-likeness (QED) is 0.676. The SMILES string of the molecule is COc1ccc(CCNC(=O)COC(=O)c2ccc3c(c2)OCCO3)cc1OC. The molecule has 1 N–H and O–H groups in total. The Morgan fingerprint density at radius 2 is 1.72 bits per heavy atom. The molecule has 0 spiro atoms. The van der Waals surface area contributed by atoms with Crippen molar-refractivity contribution in [3.63, 3.8) is 0 Å². The van der Waals surface area contributed by atoms with E-state index in [2.05, 4.69) is 5.32 Å². The Labute approximate surface area is 168 Å². The number of carbonyl (C=O) groups is 2. The first-order chi connectivity index (χ1) is 14.1. The molecule has 0 saturated heterocycles. The Bertz CT molecular complexity index is 881. The van der Waals surface area contributed by atoms with Crippen molar-refractivity contribution in [2.45, 2.75) is 6.42 Å². The summed E-state index contributed by atoms with van der Waals surface area (Å²) < 4.78 is 26.4. The van der Waals surface area contributed by atoms with Gasteiger partial charge in [0.05, 0.1) is 19.8 Å². The molecule has 2 aromatic rings. The maximum Gasteiger partial charge on any atom is 0.338 e. The van der Waals surface area contributed by atoms with Crippen molar-refractivity contribution in [3.8, 4) is 23.0 Å². The van der Waals surface area contributed by atoms with Crippen LogP contribution in [0.3, 0.4) is 0 Å². The number of benzene rings is 2. The van der Waals surface area contributed by atoms with Crippen LogP contribution in [0.5, 0.6) is 23.0 Å². The maximum atomic E-state index is 12.1. The molecule has 0 atom stereocenters. The fraction of sp³-hybridized carbons (Fsp3) is 0.333. The van der Waals surface area contributed by atoms with Gasteiger partial charge in [0.1, 0.15) is 13.2 Å². The fourth-order valence-corrected chi connectivity index (χ4v) is 2.82. The van der Waals surface area contributed by atoms with Gasteiger partial charge in [0.2, 0.25) is 0 Å². The summed E-state index contributed by atoms with van der Waals surface area (Å²) in [7, 11) is 3.14. The highest BCUT2D eigenvalue weighted by molar-refractivity contribution is 5.92. The number of methoxy groups -OCH3 is 2. The first kappa shape index (κ1) is 20.3. The summed E-state index contributed by atoms with van der Waals surface area (Å²) in [6.45, 7) is 0.934. The van der Waals surface area contributed by atoms with Crippen LogP contribution in [-0.4, -0.2) is 52.5 Å². The van der Waals surface area contributed by atoms with E-state index in [9.17, 15) is 9.59 Å². The van der Waals surface area contributed by atoms with Gasteiger partial charge >= 0.3 is 5.97 Å². The first-order valence-corrected chi connectivity index (χ1v) is 9.15. The van der Waals surface area contributed by atoms with E-state index in [1.165, 1.54) is 0 Å². The first-order valence-electron chi connectivity index (χ1n) is 9.15. The number of ether oxygens (including phenoxy) is 5. The highest BCUT2D eigenvalue weighted by atomic mass is 16.6. The molecule has 29 heavy (non-hydrogen) atoms. The highest BCUT2D eigenvalue weighted by Crippen LogP contribution is 2.31. The summed E-state index contributed by atoms with van der Waals surface area (Å²) >= 11 is 0. The molecule has 8 heteroatoms. The molecule has 1 amide bonds. The number of nitrogens with one attached hydrogen (secondary N) is 1. The maximum absolute atomic E-state index is 12.1. The number of hydrogen-bond acceptors (Lipinski definition) is 7. The minimum Gasteiger partial charge on any atom is -0.493 e. The van der Waals surface area contributed by atoms with Gasteiger partial charge in [-0.05, 0) is 42.3 Å². The van der Waals surface area contributed by atoms with Crippen LogP contribution < -0.4 is 24.3 Å². The van der Waals surface area contributed by atoms with E-state index in [1.807, 2.05) is 18.2 Å². The lowest BCUT2D eigenvalue weighted by molar-refractivity contribution is -0.124. The van der Waals surface area contributed by atoms with Crippen molar-refractivity contribution in [1.82, 2.24) is 5.32 Å². The zero-order chi connectivity index (χ0) is 20.6. The Morgan fingerprint density at radius 1 is 0.966 bits per heavy atom. The molecule has 0 fully saturated rings. The molecule has 0 aliphatic carbocycles. The van der Waals surface area contributed by atoms with Crippen molar-refractivity contribution >= 4 is 11.9 Å². The van der Waals surface area contributed by atoms with Crippen LogP contribution in [0, 0.1) is 0 Å². The molecule has 3 rings (SSSR count). The minimum atomic E-state index is -0.600. The van der Waals surface area contributed by atoms with E-state index >= 15 is 0 Å². The third-order valence-corrected chi connectivity index (χ3v) is 4.30. The molecule has 1 aliphatic rings. The average molecular weight is 401 g/mol. The second-order valence-corrected chi connectivity index (χ2v) is 6.22. The highest BCUT2D eigenvalue weighted by Gasteiger charge is 2.16. The summed E-state index contributed by atoms with van der Waals surface area (Å²) in [4.78, 5) is 24.1. The molecule has 154 valence electrons. The Balaban J connectivity index is 1.43. The number of amides is 1. The number of hydrogen-bond donors (Lipinski definition) is 1. The minimum absolute atomic E-state index is 0.298. The summed E-state index contributed by atoms with van der Waals surface area (Å²) in [5.74, 6) is 1.37. The summed E-state index contributed by atoms with van der Waals surface area (Å²) in [5, 5.41) is 2.72. The van der Waals surface area contributed by atoms with Crippen molar-refractivity contribution in [2.75, 3.05) is 40.6 Å². The van der Waals surface area contributed by atoms with Crippen molar-refractivity contribution in [1.29, 1.82) is 0 Å². The lowest BCUT2D eigenvalue weighted by atomic mass is 10.1. The van der Waals surface area contributed by atoms with Gasteiger partial charge < -0.3 is 29.0 Å². The number of esters is 1. The van der Waals surface area contributed by atoms with Crippen molar-refractivity contribution < 1.29 is 33.3 Å². The molecule has 0 radical (unpaired) electrons. The van der Waals surface area contributed by atoms with Gasteiger partial charge in [-0.3, -0.25) is 4.79 Å². The van der Waals surface area contributed by atoms with E-state index in [0.717, 1.165) is 5.56 Å². The van der Waals surface area contributed by atoms with Crippen LogP contribution >= 0.6 is 0 Å². The van der Waals surface area contributed by atoms with Gasteiger partial charge in [-0.1, -0.05) is 6.07 Å². The van der Waals surface area contributed by atoms with Crippen LogP contribution in [0.15, 0.2) is 36.4 Å². The summed E-state index contributed by atoms with van der Waals surface area (Å²) in [6.07, 6.45) is 0.599. The van der Waals surface area contributed by atoms with E-state index in [-0.39, 0.29) is 12.5 Å². The van der Waals surface area contributed by atoms with Crippen LogP contribution in [0.1, 0.15) is 15.9 Å². The van der Waals surface area contributed by atoms with Crippen molar-refractivity contribution in [2.24, 2.45) is 0 Å². The molecule has 2 aromatic carbocycles. The fourth-order valence-electron chi connectivity index (χ4n) is 2.82. The monoisotopic (exact) mass is 401 g/mol. The van der Waals surface area contributed by atoms with E-state index < -0.39 is 5.97 Å². The van der Waals surface area contributed by atoms with Crippen LogP contribution in [0.2, 0.25) is 0 Å². The predicted molar refractivity (Wildman–Crippen MR) is 104 cm³/mol. The van der Waals surface area contributed by atoms with Gasteiger partial charge in [0.15, 0.2) is 29.6 Å². The molecule has 8 nitrogen and oxygen atoms in total. The number of rotatable bonds is 8. The van der Waals surface area contributed by atoms with Gasteiger partial charge in [-0.15, -0.1) is 0 Å². The molecule has 0 aromatic heterocycles. The van der Waals surface area contributed by atoms with E-state index in [4.69, 9.17) is 23.7 Å². The van der Waals surface area contributed by atoms with Crippen LogP contribution in [-0.2, 0) is 16.0 Å². The topological polar surface area (TPSA) is 92.3 Å². The lowest BCUT2D eigenvalue weighted by Gasteiger charge is -2.18. The molecule has 0 bridgehead atoms. The van der Waals surface area contributed by atoms with Gasteiger partial charge in [0, 0.05) is 6.54 Å². The molecule has 1 heterocycles. The molecule has 0 unspecified atom stereocenters. The largest absolute Gasteiger partial charge is 0.493 e. The normalized spacial score (nSPS) is 12.1. The smallest absolute Gasteiger partial charge is 0.338 e. The Kier molecular flexibility index (Phi) is 6.78. The van der Waals surface area contributed by atoms with E-state index in [1.54, 1.807) is 32.4 Å². The zero-order valence-electron chi connectivity index (χ0n) is 16.4. The second kappa shape index (κ2) is 9.68.